The van der Waals surface area contributed by atoms with Crippen LogP contribution in [0.4, 0.5) is 0 Å². The molecule has 1 aliphatic rings. The van der Waals surface area contributed by atoms with Crippen LogP contribution in [0.5, 0.6) is 0 Å². The maximum Gasteiger partial charge on any atom is 0.157 e. The summed E-state index contributed by atoms with van der Waals surface area (Å²) in [6.07, 6.45) is 3.31. The van der Waals surface area contributed by atoms with Crippen molar-refractivity contribution in [3.63, 3.8) is 0 Å². The van der Waals surface area contributed by atoms with Gasteiger partial charge in [0.05, 0.1) is 11.0 Å². The van der Waals surface area contributed by atoms with Crippen LogP contribution in [-0.2, 0) is 9.84 Å². The lowest BCUT2D eigenvalue weighted by atomic mass is 10.0. The van der Waals surface area contributed by atoms with E-state index >= 15 is 0 Å². The quantitative estimate of drug-likeness (QED) is 0.681. The van der Waals surface area contributed by atoms with E-state index in [0.717, 1.165) is 27.5 Å². The molecule has 0 aliphatic carbocycles. The van der Waals surface area contributed by atoms with Gasteiger partial charge in [0, 0.05) is 10.8 Å². The van der Waals surface area contributed by atoms with E-state index in [2.05, 4.69) is 6.42 Å². The minimum Gasteiger partial charge on any atom is -0.456 e. The third-order valence-electron chi connectivity index (χ3n) is 4.20. The molecule has 3 nitrogen and oxygen atoms in total. The highest BCUT2D eigenvalue weighted by molar-refractivity contribution is 7.91. The van der Waals surface area contributed by atoms with Gasteiger partial charge in [-0.1, -0.05) is 30.3 Å². The summed E-state index contributed by atoms with van der Waals surface area (Å²) in [5.74, 6) is 0.246. The summed E-state index contributed by atoms with van der Waals surface area (Å²) in [6, 6.07) is 13.6. The first-order chi connectivity index (χ1) is 10.1. The van der Waals surface area contributed by atoms with Gasteiger partial charge in [-0.15, -0.1) is 0 Å². The highest BCUT2D eigenvalue weighted by Gasteiger charge is 2.30. The van der Waals surface area contributed by atoms with Crippen molar-refractivity contribution in [3.8, 4) is 0 Å². The molecule has 1 aliphatic heterocycles. The van der Waals surface area contributed by atoms with Crippen molar-refractivity contribution in [2.45, 2.75) is 18.1 Å². The lowest BCUT2D eigenvalue weighted by Gasteiger charge is -2.22. The van der Waals surface area contributed by atoms with Crippen molar-refractivity contribution in [1.82, 2.24) is 0 Å². The van der Waals surface area contributed by atoms with Gasteiger partial charge in [0.15, 0.2) is 9.84 Å². The third-order valence-corrected chi connectivity index (χ3v) is 6.33. The van der Waals surface area contributed by atoms with Crippen LogP contribution in [-0.4, -0.2) is 14.2 Å². The van der Waals surface area contributed by atoms with E-state index in [0.29, 0.717) is 12.8 Å². The number of fused-ring (bicyclic) bond motifs is 3. The van der Waals surface area contributed by atoms with E-state index in [1.807, 2.05) is 42.5 Å². The van der Waals surface area contributed by atoms with Crippen molar-refractivity contribution >= 4 is 31.8 Å². The maximum absolute atomic E-state index is 12.2. The molecular formula is C17H15O3S. The number of sulfone groups is 1. The standard InChI is InChI=1S/C17H15O3S/c18-21(19)10-4-3-7-17(21)12-8-9-14-13-5-1-2-6-15(13)20-16(14)11-12/h1-3,5-6,8-9,11,17H,4,7,10H2. The van der Waals surface area contributed by atoms with Gasteiger partial charge in [0.2, 0.25) is 0 Å². The molecule has 21 heavy (non-hydrogen) atoms. The number of benzene rings is 2. The molecule has 4 rings (SSSR count). The summed E-state index contributed by atoms with van der Waals surface area (Å²) < 4.78 is 30.3. The lowest BCUT2D eigenvalue weighted by Crippen LogP contribution is -2.21. The van der Waals surface area contributed by atoms with Gasteiger partial charge in [0.1, 0.15) is 11.2 Å². The SMILES string of the molecule is O=S1(=O)CC[CH]CC1c1ccc2c(c1)oc1ccccc12. The van der Waals surface area contributed by atoms with Crippen LogP contribution in [0.3, 0.4) is 0 Å². The molecule has 1 aromatic heterocycles. The highest BCUT2D eigenvalue weighted by Crippen LogP contribution is 2.36. The molecule has 107 valence electrons. The van der Waals surface area contributed by atoms with E-state index in [1.54, 1.807) is 0 Å². The van der Waals surface area contributed by atoms with Crippen molar-refractivity contribution in [3.05, 3.63) is 54.4 Å². The molecular weight excluding hydrogens is 284 g/mol. The molecule has 1 fully saturated rings. The van der Waals surface area contributed by atoms with E-state index in [4.69, 9.17) is 4.42 Å². The van der Waals surface area contributed by atoms with E-state index in [-0.39, 0.29) is 5.75 Å². The van der Waals surface area contributed by atoms with Gasteiger partial charge in [-0.05, 0) is 37.0 Å². The fraction of sp³-hybridized carbons (Fsp3) is 0.235. The van der Waals surface area contributed by atoms with Crippen LogP contribution in [0.15, 0.2) is 46.9 Å². The van der Waals surface area contributed by atoms with E-state index in [1.165, 1.54) is 0 Å². The third kappa shape index (κ3) is 2.05. The second kappa shape index (κ2) is 4.60. The molecule has 0 saturated carbocycles. The van der Waals surface area contributed by atoms with Gasteiger partial charge >= 0.3 is 0 Å². The summed E-state index contributed by atoms with van der Waals surface area (Å²) in [5, 5.41) is 1.67. The Kier molecular flexibility index (Phi) is 2.82. The van der Waals surface area contributed by atoms with Crippen LogP contribution >= 0.6 is 0 Å². The molecule has 0 N–H and O–H groups in total. The minimum absolute atomic E-state index is 0.246. The number of rotatable bonds is 1. The zero-order chi connectivity index (χ0) is 14.4. The second-order valence-corrected chi connectivity index (χ2v) is 7.83. The van der Waals surface area contributed by atoms with Gasteiger partial charge in [-0.3, -0.25) is 0 Å². The summed E-state index contributed by atoms with van der Waals surface area (Å²) in [6.45, 7) is 0. The topological polar surface area (TPSA) is 47.3 Å². The molecule has 3 aromatic rings. The van der Waals surface area contributed by atoms with Crippen molar-refractivity contribution in [2.75, 3.05) is 5.75 Å². The summed E-state index contributed by atoms with van der Waals surface area (Å²) in [7, 11) is -3.05. The van der Waals surface area contributed by atoms with Gasteiger partial charge in [-0.2, -0.15) is 0 Å². The molecule has 0 bridgehead atoms. The maximum atomic E-state index is 12.2. The molecule has 0 spiro atoms. The fourth-order valence-electron chi connectivity index (χ4n) is 3.09. The average molecular weight is 299 g/mol. The van der Waals surface area contributed by atoms with Crippen LogP contribution in [0, 0.1) is 6.42 Å². The van der Waals surface area contributed by atoms with Gasteiger partial charge < -0.3 is 4.42 Å². The van der Waals surface area contributed by atoms with Crippen LogP contribution in [0.25, 0.3) is 21.9 Å². The normalized spacial score (nSPS) is 21.8. The highest BCUT2D eigenvalue weighted by atomic mass is 32.2. The Morgan fingerprint density at radius 3 is 2.67 bits per heavy atom. The Labute approximate surface area is 123 Å². The second-order valence-electron chi connectivity index (χ2n) is 5.52. The summed E-state index contributed by atoms with van der Waals surface area (Å²) >= 11 is 0. The molecule has 1 atom stereocenters. The van der Waals surface area contributed by atoms with Crippen LogP contribution in [0.2, 0.25) is 0 Å². The molecule has 1 radical (unpaired) electrons. The zero-order valence-corrected chi connectivity index (χ0v) is 12.3. The molecule has 1 saturated heterocycles. The Bertz CT molecular complexity index is 922. The van der Waals surface area contributed by atoms with Gasteiger partial charge in [-0.25, -0.2) is 8.42 Å². The van der Waals surface area contributed by atoms with Crippen molar-refractivity contribution < 1.29 is 12.8 Å². The monoisotopic (exact) mass is 299 g/mol. The number of hydrogen-bond donors (Lipinski definition) is 0. The Hall–Kier alpha value is -1.81. The molecule has 4 heteroatoms. The van der Waals surface area contributed by atoms with Crippen molar-refractivity contribution in [2.24, 2.45) is 0 Å². The minimum atomic E-state index is -3.05. The van der Waals surface area contributed by atoms with Crippen LogP contribution < -0.4 is 0 Å². The summed E-state index contributed by atoms with van der Waals surface area (Å²) in [5.41, 5.74) is 2.43. The zero-order valence-electron chi connectivity index (χ0n) is 11.5. The molecule has 2 heterocycles. The number of furan rings is 1. The largest absolute Gasteiger partial charge is 0.456 e. The predicted octanol–water partition coefficient (Wildman–Crippen LogP) is 4.04. The Morgan fingerprint density at radius 2 is 1.81 bits per heavy atom. The Balaban J connectivity index is 1.89. The average Bonchev–Trinajstić information content (AvgIpc) is 2.84. The first kappa shape index (κ1) is 12.9. The number of hydrogen-bond acceptors (Lipinski definition) is 3. The lowest BCUT2D eigenvalue weighted by molar-refractivity contribution is 0.569. The molecule has 0 amide bonds. The van der Waals surface area contributed by atoms with Gasteiger partial charge in [0.25, 0.3) is 0 Å². The van der Waals surface area contributed by atoms with Crippen molar-refractivity contribution in [1.29, 1.82) is 0 Å². The predicted molar refractivity (Wildman–Crippen MR) is 83.8 cm³/mol. The molecule has 1 unspecified atom stereocenters. The summed E-state index contributed by atoms with van der Waals surface area (Å²) in [4.78, 5) is 0. The smallest absolute Gasteiger partial charge is 0.157 e. The molecule has 2 aromatic carbocycles. The van der Waals surface area contributed by atoms with E-state index < -0.39 is 15.1 Å². The fourth-order valence-corrected chi connectivity index (χ4v) is 4.86. The number of para-hydroxylation sites is 1. The van der Waals surface area contributed by atoms with Crippen LogP contribution in [0.1, 0.15) is 23.7 Å². The Morgan fingerprint density at radius 1 is 1.00 bits per heavy atom. The first-order valence-corrected chi connectivity index (χ1v) is 8.81. The van der Waals surface area contributed by atoms with E-state index in [9.17, 15) is 8.42 Å². The first-order valence-electron chi connectivity index (χ1n) is 7.09.